The smallest absolute Gasteiger partial charge is 0.716 e. The van der Waals surface area contributed by atoms with Crippen LogP contribution < -0.4 is 60.9 Å². The molecule has 0 aliphatic carbocycles. The monoisotopic (exact) mass is 287 g/mol. The fraction of sp³-hybridized carbons (Fsp3) is 0.125. The Kier molecular flexibility index (Phi) is 6.77. The molecule has 0 atom stereocenters. The molecule has 0 spiro atoms. The van der Waals surface area contributed by atoms with Gasteiger partial charge in [-0.2, -0.15) is 0 Å². The van der Waals surface area contributed by atoms with Gasteiger partial charge in [-0.15, -0.1) is 0 Å². The SMILES string of the molecule is CC(=O)Nc1ccc(OS(=O)(=O)[O-])cc1F.[K+]. The number of anilines is 1. The minimum absolute atomic E-state index is 0. The van der Waals surface area contributed by atoms with Crippen LogP contribution in [0.2, 0.25) is 0 Å². The van der Waals surface area contributed by atoms with E-state index in [1.165, 1.54) is 6.92 Å². The van der Waals surface area contributed by atoms with Gasteiger partial charge in [0.05, 0.1) is 5.69 Å². The van der Waals surface area contributed by atoms with Crippen LogP contribution in [0.3, 0.4) is 0 Å². The molecular weight excluding hydrogens is 280 g/mol. The second kappa shape index (κ2) is 6.78. The van der Waals surface area contributed by atoms with Crippen LogP contribution in [0.4, 0.5) is 10.1 Å². The minimum atomic E-state index is -4.93. The number of halogens is 1. The van der Waals surface area contributed by atoms with Crippen molar-refractivity contribution in [3.05, 3.63) is 24.0 Å². The Balaban J connectivity index is 0.00000256. The van der Waals surface area contributed by atoms with E-state index < -0.39 is 27.9 Å². The van der Waals surface area contributed by atoms with E-state index in [0.717, 1.165) is 12.1 Å². The number of amides is 1. The number of carbonyl (C=O) groups excluding carboxylic acids is 1. The van der Waals surface area contributed by atoms with E-state index in [1.807, 2.05) is 0 Å². The van der Waals surface area contributed by atoms with Gasteiger partial charge in [0.25, 0.3) is 10.4 Å². The van der Waals surface area contributed by atoms with Gasteiger partial charge in [-0.1, -0.05) is 0 Å². The van der Waals surface area contributed by atoms with Crippen molar-refractivity contribution in [3.8, 4) is 5.75 Å². The van der Waals surface area contributed by atoms with E-state index in [4.69, 9.17) is 0 Å². The summed E-state index contributed by atoms with van der Waals surface area (Å²) < 4.78 is 47.7. The first-order valence-electron chi connectivity index (χ1n) is 4.00. The Morgan fingerprint density at radius 3 is 2.47 bits per heavy atom. The third-order valence-corrected chi connectivity index (χ3v) is 1.85. The molecule has 0 saturated carbocycles. The van der Waals surface area contributed by atoms with E-state index in [-0.39, 0.29) is 57.1 Å². The maximum Gasteiger partial charge on any atom is 1.00 e. The summed E-state index contributed by atoms with van der Waals surface area (Å²) in [5.74, 6) is -1.85. The number of nitrogens with one attached hydrogen (secondary N) is 1. The summed E-state index contributed by atoms with van der Waals surface area (Å²) in [5.41, 5.74) is -0.136. The van der Waals surface area contributed by atoms with Crippen molar-refractivity contribution in [2.24, 2.45) is 0 Å². The molecule has 88 valence electrons. The van der Waals surface area contributed by atoms with Gasteiger partial charge in [0.15, 0.2) is 0 Å². The summed E-state index contributed by atoms with van der Waals surface area (Å²) in [5, 5.41) is 2.17. The van der Waals surface area contributed by atoms with Gasteiger partial charge in [-0.25, -0.2) is 12.8 Å². The minimum Gasteiger partial charge on any atom is -0.716 e. The summed E-state index contributed by atoms with van der Waals surface area (Å²) >= 11 is 0. The van der Waals surface area contributed by atoms with Gasteiger partial charge in [0.2, 0.25) is 5.91 Å². The van der Waals surface area contributed by atoms with E-state index in [2.05, 4.69) is 9.50 Å². The van der Waals surface area contributed by atoms with Crippen LogP contribution in [0.5, 0.6) is 5.75 Å². The molecule has 0 aliphatic rings. The Morgan fingerprint density at radius 2 is 2.06 bits per heavy atom. The molecule has 0 heterocycles. The van der Waals surface area contributed by atoms with Gasteiger partial charge < -0.3 is 14.1 Å². The normalized spacial score (nSPS) is 10.3. The summed E-state index contributed by atoms with van der Waals surface area (Å²) in [6.07, 6.45) is 0. The molecular formula is C8H7FKNO5S. The molecule has 17 heavy (non-hydrogen) atoms. The first kappa shape index (κ1) is 17.0. The Bertz CT molecular complexity index is 519. The molecule has 1 aromatic carbocycles. The topological polar surface area (TPSA) is 95.5 Å². The molecule has 0 saturated heterocycles. The number of hydrogen-bond acceptors (Lipinski definition) is 5. The maximum absolute atomic E-state index is 13.2. The van der Waals surface area contributed by atoms with Crippen LogP contribution in [-0.2, 0) is 15.2 Å². The maximum atomic E-state index is 13.2. The largest absolute Gasteiger partial charge is 1.00 e. The quantitative estimate of drug-likeness (QED) is 0.381. The average molecular weight is 287 g/mol. The van der Waals surface area contributed by atoms with Gasteiger partial charge >= 0.3 is 51.4 Å². The zero-order valence-electron chi connectivity index (χ0n) is 9.06. The van der Waals surface area contributed by atoms with Crippen molar-refractivity contribution in [1.82, 2.24) is 0 Å². The molecule has 0 aromatic heterocycles. The standard InChI is InChI=1S/C8H8FNO5S.K/c1-5(11)10-8-3-2-6(4-7(8)9)15-16(12,13)14;/h2-4H,1H3,(H,10,11)(H,12,13,14);/q;+1/p-1. The van der Waals surface area contributed by atoms with Crippen molar-refractivity contribution in [2.75, 3.05) is 5.32 Å². The van der Waals surface area contributed by atoms with Gasteiger partial charge in [-0.05, 0) is 12.1 Å². The summed E-state index contributed by atoms with van der Waals surface area (Å²) in [7, 11) is -4.93. The van der Waals surface area contributed by atoms with Crippen LogP contribution in [0, 0.1) is 5.82 Å². The molecule has 6 nitrogen and oxygen atoms in total. The fourth-order valence-electron chi connectivity index (χ4n) is 0.957. The first-order valence-corrected chi connectivity index (χ1v) is 5.34. The molecule has 0 fully saturated rings. The van der Waals surface area contributed by atoms with Gasteiger partial charge in [0.1, 0.15) is 11.6 Å². The molecule has 1 amide bonds. The number of carbonyl (C=O) groups is 1. The summed E-state index contributed by atoms with van der Waals surface area (Å²) in [6.45, 7) is 1.19. The van der Waals surface area contributed by atoms with Gasteiger partial charge in [-0.3, -0.25) is 4.79 Å². The van der Waals surface area contributed by atoms with Crippen LogP contribution in [0.1, 0.15) is 6.92 Å². The van der Waals surface area contributed by atoms with Crippen LogP contribution in [0.25, 0.3) is 0 Å². The summed E-state index contributed by atoms with van der Waals surface area (Å²) in [6, 6.07) is 2.81. The van der Waals surface area contributed by atoms with Crippen LogP contribution in [-0.4, -0.2) is 18.9 Å². The van der Waals surface area contributed by atoms with Crippen molar-refractivity contribution in [2.45, 2.75) is 6.92 Å². The van der Waals surface area contributed by atoms with E-state index in [1.54, 1.807) is 0 Å². The molecule has 0 aliphatic heterocycles. The molecule has 9 heteroatoms. The predicted octanol–water partition coefficient (Wildman–Crippen LogP) is -2.37. The van der Waals surface area contributed by atoms with Crippen molar-refractivity contribution in [3.63, 3.8) is 0 Å². The second-order valence-electron chi connectivity index (χ2n) is 2.81. The Labute approximate surface area is 140 Å². The molecule has 0 radical (unpaired) electrons. The number of rotatable bonds is 3. The Morgan fingerprint density at radius 1 is 1.47 bits per heavy atom. The molecule has 1 N–H and O–H groups in total. The van der Waals surface area contributed by atoms with Crippen molar-refractivity contribution in [1.29, 1.82) is 0 Å². The molecule has 1 rings (SSSR count). The van der Waals surface area contributed by atoms with Crippen LogP contribution in [0.15, 0.2) is 18.2 Å². The number of hydrogen-bond donors (Lipinski definition) is 1. The van der Waals surface area contributed by atoms with Crippen molar-refractivity contribution >= 4 is 22.0 Å². The van der Waals surface area contributed by atoms with E-state index in [0.29, 0.717) is 6.07 Å². The fourth-order valence-corrected chi connectivity index (χ4v) is 1.30. The molecule has 1 aromatic rings. The molecule has 0 unspecified atom stereocenters. The zero-order chi connectivity index (χ0) is 12.3. The third kappa shape index (κ3) is 6.45. The van der Waals surface area contributed by atoms with E-state index >= 15 is 0 Å². The third-order valence-electron chi connectivity index (χ3n) is 1.45. The van der Waals surface area contributed by atoms with Crippen LogP contribution >= 0.6 is 0 Å². The van der Waals surface area contributed by atoms with E-state index in [9.17, 15) is 22.2 Å². The number of benzene rings is 1. The molecule has 0 bridgehead atoms. The predicted molar refractivity (Wildman–Crippen MR) is 51.0 cm³/mol. The summed E-state index contributed by atoms with van der Waals surface area (Å²) in [4.78, 5) is 10.6. The van der Waals surface area contributed by atoms with Gasteiger partial charge in [0, 0.05) is 13.0 Å². The van der Waals surface area contributed by atoms with Crippen molar-refractivity contribution < 1.29 is 77.7 Å². The first-order chi connectivity index (χ1) is 7.28. The average Bonchev–Trinajstić information content (AvgIpc) is 2.06. The second-order valence-corrected chi connectivity index (χ2v) is 3.80. The zero-order valence-corrected chi connectivity index (χ0v) is 13.0. The Hall–Kier alpha value is -0.0336.